The number of ether oxygens (including phenoxy) is 1. The molecule has 0 bridgehead atoms. The zero-order valence-electron chi connectivity index (χ0n) is 16.9. The topological polar surface area (TPSA) is 26.3 Å². The third-order valence-corrected chi connectivity index (χ3v) is 6.69. The minimum absolute atomic E-state index is 0.126. The molecular formula is C23H42O2. The molecule has 25 heavy (non-hydrogen) atoms. The van der Waals surface area contributed by atoms with Crippen molar-refractivity contribution in [2.45, 2.75) is 123 Å². The normalized spacial score (nSPS) is 30.2. The average Bonchev–Trinajstić information content (AvgIpc) is 2.64. The summed E-state index contributed by atoms with van der Waals surface area (Å²) in [5.41, 5.74) is 0. The average molecular weight is 351 g/mol. The molecule has 0 unspecified atom stereocenters. The van der Waals surface area contributed by atoms with Gasteiger partial charge in [0.15, 0.2) is 0 Å². The Kier molecular flexibility index (Phi) is 9.94. The van der Waals surface area contributed by atoms with Crippen LogP contribution in [0, 0.1) is 17.8 Å². The fourth-order valence-corrected chi connectivity index (χ4v) is 4.85. The van der Waals surface area contributed by atoms with Gasteiger partial charge >= 0.3 is 5.97 Å². The Balaban J connectivity index is 1.58. The van der Waals surface area contributed by atoms with Gasteiger partial charge in [-0.05, 0) is 63.2 Å². The van der Waals surface area contributed by atoms with Crippen molar-refractivity contribution in [3.63, 3.8) is 0 Å². The predicted molar refractivity (Wildman–Crippen MR) is 106 cm³/mol. The fraction of sp³-hybridized carbons (Fsp3) is 0.957. The Hall–Kier alpha value is -0.530. The Bertz CT molecular complexity index is 349. The standard InChI is InChI=1S/C23H42O2/c1-3-5-7-9-19-11-15-21(16-12-19)23(24)25-22-17-13-20(14-18-22)10-8-6-4-2/h19-22H,3-18H2,1-2H3/t19-,20-,21-,22-. The van der Waals surface area contributed by atoms with Gasteiger partial charge < -0.3 is 4.74 Å². The van der Waals surface area contributed by atoms with Gasteiger partial charge in [-0.3, -0.25) is 4.79 Å². The molecule has 2 aliphatic rings. The van der Waals surface area contributed by atoms with Crippen LogP contribution >= 0.6 is 0 Å². The van der Waals surface area contributed by atoms with Crippen LogP contribution in [0.3, 0.4) is 0 Å². The molecule has 0 N–H and O–H groups in total. The highest BCUT2D eigenvalue weighted by Crippen LogP contribution is 2.34. The van der Waals surface area contributed by atoms with E-state index in [1.54, 1.807) is 0 Å². The van der Waals surface area contributed by atoms with Crippen molar-refractivity contribution < 1.29 is 9.53 Å². The Morgan fingerprint density at radius 1 is 0.720 bits per heavy atom. The van der Waals surface area contributed by atoms with E-state index in [1.807, 2.05) is 0 Å². The Morgan fingerprint density at radius 2 is 1.20 bits per heavy atom. The molecule has 0 radical (unpaired) electrons. The van der Waals surface area contributed by atoms with Crippen LogP contribution in [-0.2, 0) is 9.53 Å². The molecule has 146 valence electrons. The Morgan fingerprint density at radius 3 is 1.68 bits per heavy atom. The lowest BCUT2D eigenvalue weighted by atomic mass is 9.79. The maximum Gasteiger partial charge on any atom is 0.309 e. The smallest absolute Gasteiger partial charge is 0.309 e. The molecular weight excluding hydrogens is 308 g/mol. The summed E-state index contributed by atoms with van der Waals surface area (Å²) in [6.07, 6.45) is 20.5. The Labute approximate surface area is 156 Å². The highest BCUT2D eigenvalue weighted by molar-refractivity contribution is 5.72. The second-order valence-corrected chi connectivity index (χ2v) is 8.79. The first-order valence-electron chi connectivity index (χ1n) is 11.4. The molecule has 0 aromatic rings. The molecule has 0 aromatic heterocycles. The molecule has 0 atom stereocenters. The van der Waals surface area contributed by atoms with Crippen LogP contribution in [0.2, 0.25) is 0 Å². The van der Waals surface area contributed by atoms with Gasteiger partial charge in [-0.2, -0.15) is 0 Å². The van der Waals surface area contributed by atoms with Gasteiger partial charge in [-0.15, -0.1) is 0 Å². The van der Waals surface area contributed by atoms with Gasteiger partial charge in [0.25, 0.3) is 0 Å². The van der Waals surface area contributed by atoms with Crippen LogP contribution in [0.15, 0.2) is 0 Å². The molecule has 0 aliphatic heterocycles. The summed E-state index contributed by atoms with van der Waals surface area (Å²) in [6, 6.07) is 0. The molecule has 2 rings (SSSR count). The van der Waals surface area contributed by atoms with Crippen molar-refractivity contribution in [1.29, 1.82) is 0 Å². The van der Waals surface area contributed by atoms with Crippen molar-refractivity contribution in [3.8, 4) is 0 Å². The van der Waals surface area contributed by atoms with Crippen LogP contribution in [0.4, 0.5) is 0 Å². The van der Waals surface area contributed by atoms with Gasteiger partial charge in [-0.1, -0.05) is 65.2 Å². The summed E-state index contributed by atoms with van der Waals surface area (Å²) in [5.74, 6) is 2.08. The van der Waals surface area contributed by atoms with E-state index < -0.39 is 0 Å². The van der Waals surface area contributed by atoms with Gasteiger partial charge in [-0.25, -0.2) is 0 Å². The van der Waals surface area contributed by atoms with E-state index in [-0.39, 0.29) is 18.0 Å². The van der Waals surface area contributed by atoms with E-state index in [4.69, 9.17) is 4.74 Å². The molecule has 0 spiro atoms. The van der Waals surface area contributed by atoms with E-state index in [1.165, 1.54) is 77.0 Å². The van der Waals surface area contributed by atoms with Gasteiger partial charge in [0, 0.05) is 0 Å². The van der Waals surface area contributed by atoms with Crippen LogP contribution in [-0.4, -0.2) is 12.1 Å². The van der Waals surface area contributed by atoms with Gasteiger partial charge in [0.05, 0.1) is 5.92 Å². The lowest BCUT2D eigenvalue weighted by molar-refractivity contribution is -0.157. The number of hydrogen-bond acceptors (Lipinski definition) is 2. The van der Waals surface area contributed by atoms with Crippen LogP contribution in [0.25, 0.3) is 0 Å². The molecule has 2 nitrogen and oxygen atoms in total. The van der Waals surface area contributed by atoms with Crippen LogP contribution in [0.5, 0.6) is 0 Å². The highest BCUT2D eigenvalue weighted by atomic mass is 16.5. The minimum atomic E-state index is 0.126. The predicted octanol–water partition coefficient (Wildman–Crippen LogP) is 7.06. The lowest BCUT2D eigenvalue weighted by Crippen LogP contribution is -2.30. The lowest BCUT2D eigenvalue weighted by Gasteiger charge is -2.31. The van der Waals surface area contributed by atoms with Crippen LogP contribution < -0.4 is 0 Å². The first-order chi connectivity index (χ1) is 12.2. The second kappa shape index (κ2) is 12.0. The monoisotopic (exact) mass is 350 g/mol. The number of unbranched alkanes of at least 4 members (excludes halogenated alkanes) is 4. The molecule has 0 amide bonds. The summed E-state index contributed by atoms with van der Waals surface area (Å²) in [6.45, 7) is 4.54. The maximum absolute atomic E-state index is 12.5. The van der Waals surface area contributed by atoms with Crippen molar-refractivity contribution >= 4 is 5.97 Å². The van der Waals surface area contributed by atoms with Gasteiger partial charge in [0.1, 0.15) is 6.10 Å². The largest absolute Gasteiger partial charge is 0.462 e. The minimum Gasteiger partial charge on any atom is -0.462 e. The number of carbonyl (C=O) groups excluding carboxylic acids is 1. The highest BCUT2D eigenvalue weighted by Gasteiger charge is 2.30. The summed E-state index contributed by atoms with van der Waals surface area (Å²) in [5, 5.41) is 0. The van der Waals surface area contributed by atoms with E-state index in [0.29, 0.717) is 0 Å². The number of rotatable bonds is 10. The first kappa shape index (κ1) is 20.8. The number of hydrogen-bond donors (Lipinski definition) is 0. The third kappa shape index (κ3) is 7.71. The van der Waals surface area contributed by atoms with E-state index >= 15 is 0 Å². The fourth-order valence-electron chi connectivity index (χ4n) is 4.85. The molecule has 2 heteroatoms. The summed E-state index contributed by atoms with van der Waals surface area (Å²) >= 11 is 0. The van der Waals surface area contributed by atoms with E-state index in [2.05, 4.69) is 13.8 Å². The first-order valence-corrected chi connectivity index (χ1v) is 11.4. The zero-order chi connectivity index (χ0) is 17.9. The molecule has 2 aliphatic carbocycles. The van der Waals surface area contributed by atoms with Crippen molar-refractivity contribution in [3.05, 3.63) is 0 Å². The second-order valence-electron chi connectivity index (χ2n) is 8.79. The summed E-state index contributed by atoms with van der Waals surface area (Å²) in [4.78, 5) is 12.5. The summed E-state index contributed by atoms with van der Waals surface area (Å²) < 4.78 is 5.90. The van der Waals surface area contributed by atoms with E-state index in [0.717, 1.165) is 37.5 Å². The maximum atomic E-state index is 12.5. The van der Waals surface area contributed by atoms with Crippen LogP contribution in [0.1, 0.15) is 117 Å². The quantitative estimate of drug-likeness (QED) is 0.311. The molecule has 2 saturated carbocycles. The molecule has 0 saturated heterocycles. The molecule has 0 aromatic carbocycles. The van der Waals surface area contributed by atoms with E-state index in [9.17, 15) is 4.79 Å². The molecule has 2 fully saturated rings. The van der Waals surface area contributed by atoms with Gasteiger partial charge in [0.2, 0.25) is 0 Å². The van der Waals surface area contributed by atoms with Crippen molar-refractivity contribution in [1.82, 2.24) is 0 Å². The zero-order valence-corrected chi connectivity index (χ0v) is 16.9. The third-order valence-electron chi connectivity index (χ3n) is 6.69. The molecule has 0 heterocycles. The van der Waals surface area contributed by atoms with Crippen molar-refractivity contribution in [2.24, 2.45) is 17.8 Å². The van der Waals surface area contributed by atoms with Crippen molar-refractivity contribution in [2.75, 3.05) is 0 Å². The summed E-state index contributed by atoms with van der Waals surface area (Å²) in [7, 11) is 0. The number of esters is 1. The number of carbonyl (C=O) groups is 1. The SMILES string of the molecule is CCCCC[C@H]1CC[C@H](OC(=O)[C@H]2CC[C@H](CCCCC)CC2)CC1.